The number of anilines is 1. The van der Waals surface area contributed by atoms with Gasteiger partial charge in [-0.25, -0.2) is 8.78 Å². The number of hydrogen-bond donors (Lipinski definition) is 2. The first kappa shape index (κ1) is 15.2. The normalized spacial score (nSPS) is 24.1. The van der Waals surface area contributed by atoms with E-state index in [1.54, 1.807) is 0 Å². The molecule has 4 nitrogen and oxygen atoms in total. The van der Waals surface area contributed by atoms with Gasteiger partial charge in [-0.1, -0.05) is 0 Å². The Morgan fingerprint density at radius 2 is 2.23 bits per heavy atom. The Kier molecular flexibility index (Phi) is 4.29. The minimum atomic E-state index is -0.556. The molecule has 1 unspecified atom stereocenters. The van der Waals surface area contributed by atoms with Gasteiger partial charge in [0.15, 0.2) is 5.96 Å². The van der Waals surface area contributed by atoms with E-state index in [4.69, 9.17) is 10.5 Å². The molecule has 3 N–H and O–H groups in total. The van der Waals surface area contributed by atoms with Crippen LogP contribution in [0.5, 0.6) is 0 Å². The molecule has 0 aromatic heterocycles. The van der Waals surface area contributed by atoms with Crippen LogP contribution in [-0.2, 0) is 4.74 Å². The van der Waals surface area contributed by atoms with Crippen molar-refractivity contribution in [2.24, 2.45) is 16.6 Å². The second kappa shape index (κ2) is 6.20. The van der Waals surface area contributed by atoms with Crippen LogP contribution in [0.3, 0.4) is 0 Å². The van der Waals surface area contributed by atoms with Gasteiger partial charge in [0.2, 0.25) is 0 Å². The van der Waals surface area contributed by atoms with E-state index in [0.29, 0.717) is 12.5 Å². The molecule has 1 saturated carbocycles. The molecule has 1 saturated heterocycles. The van der Waals surface area contributed by atoms with Crippen molar-refractivity contribution in [3.05, 3.63) is 29.8 Å². The zero-order valence-corrected chi connectivity index (χ0v) is 12.4. The molecule has 1 heterocycles. The monoisotopic (exact) mass is 309 g/mol. The molecule has 1 spiro atoms. The summed E-state index contributed by atoms with van der Waals surface area (Å²) >= 11 is 0. The summed E-state index contributed by atoms with van der Waals surface area (Å²) in [6.07, 6.45) is 5.48. The summed E-state index contributed by atoms with van der Waals surface area (Å²) in [5.41, 5.74) is 5.86. The van der Waals surface area contributed by atoms with E-state index < -0.39 is 11.6 Å². The maximum Gasteiger partial charge on any atom is 0.193 e. The summed E-state index contributed by atoms with van der Waals surface area (Å²) in [6.45, 7) is 1.35. The van der Waals surface area contributed by atoms with Crippen LogP contribution in [0, 0.1) is 17.6 Å². The lowest BCUT2D eigenvalue weighted by atomic mass is 9.72. The number of rotatable bonds is 3. The smallest absolute Gasteiger partial charge is 0.193 e. The van der Waals surface area contributed by atoms with E-state index in [0.717, 1.165) is 50.5 Å². The van der Waals surface area contributed by atoms with Gasteiger partial charge in [0.05, 0.1) is 11.3 Å². The molecule has 3 rings (SSSR count). The fourth-order valence-corrected chi connectivity index (χ4v) is 3.20. The molecule has 0 radical (unpaired) electrons. The van der Waals surface area contributed by atoms with Gasteiger partial charge in [0, 0.05) is 19.2 Å². The molecule has 2 aliphatic rings. The molecular weight excluding hydrogens is 288 g/mol. The Morgan fingerprint density at radius 3 is 2.95 bits per heavy atom. The van der Waals surface area contributed by atoms with E-state index in [1.807, 2.05) is 0 Å². The number of aliphatic imine (C=N–C) groups is 1. The highest BCUT2D eigenvalue weighted by molar-refractivity contribution is 5.92. The molecule has 0 bridgehead atoms. The van der Waals surface area contributed by atoms with Crippen molar-refractivity contribution in [2.75, 3.05) is 18.5 Å². The molecule has 1 aromatic carbocycles. The topological polar surface area (TPSA) is 59.6 Å². The average Bonchev–Trinajstić information content (AvgIpc) is 2.48. The fourth-order valence-electron chi connectivity index (χ4n) is 3.20. The van der Waals surface area contributed by atoms with Crippen molar-refractivity contribution in [3.8, 4) is 0 Å². The van der Waals surface area contributed by atoms with Crippen LogP contribution in [0.25, 0.3) is 0 Å². The number of nitrogens with two attached hydrogens (primary N) is 1. The highest BCUT2D eigenvalue weighted by atomic mass is 19.1. The van der Waals surface area contributed by atoms with Gasteiger partial charge in [-0.3, -0.25) is 4.99 Å². The third kappa shape index (κ3) is 3.38. The average molecular weight is 309 g/mol. The first-order chi connectivity index (χ1) is 10.6. The van der Waals surface area contributed by atoms with Crippen LogP contribution in [0.1, 0.15) is 32.1 Å². The molecule has 2 fully saturated rings. The number of nitrogens with zero attached hydrogens (tertiary/aromatic N) is 1. The predicted octanol–water partition coefficient (Wildman–Crippen LogP) is 3.04. The van der Waals surface area contributed by atoms with E-state index in [9.17, 15) is 8.78 Å². The van der Waals surface area contributed by atoms with E-state index in [-0.39, 0.29) is 17.2 Å². The van der Waals surface area contributed by atoms with Gasteiger partial charge in [-0.15, -0.1) is 0 Å². The fraction of sp³-hybridized carbons (Fsp3) is 0.562. The van der Waals surface area contributed by atoms with Crippen LogP contribution < -0.4 is 11.1 Å². The lowest BCUT2D eigenvalue weighted by Crippen LogP contribution is -2.46. The summed E-state index contributed by atoms with van der Waals surface area (Å²) in [5, 5.41) is 2.62. The van der Waals surface area contributed by atoms with Crippen LogP contribution >= 0.6 is 0 Å². The van der Waals surface area contributed by atoms with Gasteiger partial charge in [-0.05, 0) is 50.2 Å². The minimum Gasteiger partial charge on any atom is -0.375 e. The molecule has 6 heteroatoms. The molecule has 0 amide bonds. The van der Waals surface area contributed by atoms with E-state index >= 15 is 0 Å². The lowest BCUT2D eigenvalue weighted by Gasteiger charge is -2.47. The molecule has 1 aliphatic carbocycles. The minimum absolute atomic E-state index is 0.00342. The van der Waals surface area contributed by atoms with Gasteiger partial charge < -0.3 is 15.8 Å². The first-order valence-corrected chi connectivity index (χ1v) is 7.72. The number of nitrogens with one attached hydrogen (secondary N) is 1. The molecule has 1 aliphatic heterocycles. The zero-order valence-electron chi connectivity index (χ0n) is 12.4. The SMILES string of the molecule is NC(=NCC1CCOC2(CCC2)C1)Nc1cc(F)ccc1F. The third-order valence-corrected chi connectivity index (χ3v) is 4.57. The number of ether oxygens (including phenoxy) is 1. The number of guanidine groups is 1. The first-order valence-electron chi connectivity index (χ1n) is 7.72. The van der Waals surface area contributed by atoms with Crippen LogP contribution in [0.2, 0.25) is 0 Å². The second-order valence-electron chi connectivity index (χ2n) is 6.22. The third-order valence-electron chi connectivity index (χ3n) is 4.57. The molecule has 1 aromatic rings. The zero-order chi connectivity index (χ0) is 15.6. The van der Waals surface area contributed by atoms with Crippen LogP contribution in [0.15, 0.2) is 23.2 Å². The van der Waals surface area contributed by atoms with Crippen LogP contribution in [0.4, 0.5) is 14.5 Å². The van der Waals surface area contributed by atoms with Crippen molar-refractivity contribution < 1.29 is 13.5 Å². The molecule has 22 heavy (non-hydrogen) atoms. The quantitative estimate of drug-likeness (QED) is 0.666. The summed E-state index contributed by atoms with van der Waals surface area (Å²) < 4.78 is 32.5. The van der Waals surface area contributed by atoms with Gasteiger partial charge in [0.25, 0.3) is 0 Å². The van der Waals surface area contributed by atoms with Crippen molar-refractivity contribution >= 4 is 11.6 Å². The molecule has 120 valence electrons. The van der Waals surface area contributed by atoms with Crippen molar-refractivity contribution in [3.63, 3.8) is 0 Å². The summed E-state index contributed by atoms with van der Waals surface area (Å²) in [5.74, 6) is -0.530. The highest BCUT2D eigenvalue weighted by Crippen LogP contribution is 2.44. The Labute approximate surface area is 128 Å². The maximum absolute atomic E-state index is 13.5. The van der Waals surface area contributed by atoms with E-state index in [1.165, 1.54) is 6.42 Å². The molecular formula is C16H21F2N3O. The Bertz CT molecular complexity index is 573. The van der Waals surface area contributed by atoms with Crippen molar-refractivity contribution in [1.29, 1.82) is 0 Å². The van der Waals surface area contributed by atoms with Gasteiger partial charge in [0.1, 0.15) is 11.6 Å². The Morgan fingerprint density at radius 1 is 1.41 bits per heavy atom. The second-order valence-corrected chi connectivity index (χ2v) is 6.22. The van der Waals surface area contributed by atoms with Crippen molar-refractivity contribution in [1.82, 2.24) is 0 Å². The molecule has 1 atom stereocenters. The number of hydrogen-bond acceptors (Lipinski definition) is 2. The van der Waals surface area contributed by atoms with Crippen molar-refractivity contribution in [2.45, 2.75) is 37.7 Å². The number of benzene rings is 1. The number of halogens is 2. The van der Waals surface area contributed by atoms with Gasteiger partial charge >= 0.3 is 0 Å². The Hall–Kier alpha value is -1.69. The maximum atomic E-state index is 13.5. The largest absolute Gasteiger partial charge is 0.375 e. The van der Waals surface area contributed by atoms with E-state index in [2.05, 4.69) is 10.3 Å². The highest BCUT2D eigenvalue weighted by Gasteiger charge is 2.42. The summed E-state index contributed by atoms with van der Waals surface area (Å²) in [6, 6.07) is 3.19. The predicted molar refractivity (Wildman–Crippen MR) is 81.7 cm³/mol. The Balaban J connectivity index is 1.56. The summed E-state index contributed by atoms with van der Waals surface area (Å²) in [7, 11) is 0. The standard InChI is InChI=1S/C16H21F2N3O/c17-12-2-3-13(18)14(8-12)21-15(19)20-10-11-4-7-22-16(9-11)5-1-6-16/h2-3,8,11H,1,4-7,9-10H2,(H3,19,20,21). The summed E-state index contributed by atoms with van der Waals surface area (Å²) in [4.78, 5) is 4.28. The lowest BCUT2D eigenvalue weighted by molar-refractivity contribution is -0.141. The van der Waals surface area contributed by atoms with Gasteiger partial charge in [-0.2, -0.15) is 0 Å². The van der Waals surface area contributed by atoms with Crippen LogP contribution in [-0.4, -0.2) is 24.7 Å².